The largest absolute Gasteiger partial charge is 0.311 e. The monoisotopic (exact) mass is 404 g/mol. The predicted octanol–water partition coefficient (Wildman–Crippen LogP) is 3.75. The molecule has 0 spiro atoms. The molecule has 4 rings (SSSR count). The number of sulfonamides is 1. The van der Waals surface area contributed by atoms with Gasteiger partial charge in [0.15, 0.2) is 17.5 Å². The summed E-state index contributed by atoms with van der Waals surface area (Å²) in [4.78, 5) is -0.748. The Morgan fingerprint density at radius 3 is 2.64 bits per heavy atom. The molecule has 0 saturated carbocycles. The highest BCUT2D eigenvalue weighted by Gasteiger charge is 2.24. The van der Waals surface area contributed by atoms with Crippen molar-refractivity contribution in [2.75, 3.05) is 4.72 Å². The first-order chi connectivity index (χ1) is 13.5. The molecule has 0 fully saturated rings. The lowest BCUT2D eigenvalue weighted by molar-refractivity contribution is 0.485. The van der Waals surface area contributed by atoms with Gasteiger partial charge in [0.1, 0.15) is 10.7 Å². The Bertz CT molecular complexity index is 1130. The third-order valence-corrected chi connectivity index (χ3v) is 6.11. The van der Waals surface area contributed by atoms with Gasteiger partial charge in [-0.3, -0.25) is 4.72 Å². The molecular formula is C19H18F2N4O2S. The topological polar surface area (TPSA) is 76.9 Å². The van der Waals surface area contributed by atoms with Crippen molar-refractivity contribution in [1.82, 2.24) is 14.8 Å². The second-order valence-corrected chi connectivity index (χ2v) is 8.26. The van der Waals surface area contributed by atoms with Crippen molar-refractivity contribution in [1.29, 1.82) is 0 Å². The van der Waals surface area contributed by atoms with Crippen molar-refractivity contribution in [3.63, 3.8) is 0 Å². The van der Waals surface area contributed by atoms with E-state index < -0.39 is 26.6 Å². The number of rotatable bonds is 4. The summed E-state index contributed by atoms with van der Waals surface area (Å²) in [5.74, 6) is -1.22. The first kappa shape index (κ1) is 18.5. The third-order valence-electron chi connectivity index (χ3n) is 4.73. The van der Waals surface area contributed by atoms with Crippen molar-refractivity contribution in [2.45, 2.75) is 37.1 Å². The highest BCUT2D eigenvalue weighted by Crippen LogP contribution is 2.31. The van der Waals surface area contributed by atoms with Crippen molar-refractivity contribution in [3.05, 3.63) is 59.9 Å². The van der Waals surface area contributed by atoms with Gasteiger partial charge >= 0.3 is 0 Å². The maximum atomic E-state index is 14.0. The fourth-order valence-electron chi connectivity index (χ4n) is 3.34. The molecule has 1 aliphatic rings. The van der Waals surface area contributed by atoms with E-state index in [9.17, 15) is 17.2 Å². The van der Waals surface area contributed by atoms with E-state index in [1.165, 1.54) is 0 Å². The minimum Gasteiger partial charge on any atom is -0.311 e. The van der Waals surface area contributed by atoms with Gasteiger partial charge in [0.25, 0.3) is 10.0 Å². The van der Waals surface area contributed by atoms with Crippen LogP contribution < -0.4 is 4.72 Å². The predicted molar refractivity (Wildman–Crippen MR) is 100 cm³/mol. The van der Waals surface area contributed by atoms with Gasteiger partial charge in [0.2, 0.25) is 0 Å². The number of aromatic nitrogens is 3. The number of fused-ring (bicyclic) bond motifs is 1. The zero-order valence-corrected chi connectivity index (χ0v) is 15.7. The Morgan fingerprint density at radius 2 is 1.79 bits per heavy atom. The summed E-state index contributed by atoms with van der Waals surface area (Å²) in [5, 5.41) is 8.49. The van der Waals surface area contributed by atoms with E-state index in [2.05, 4.69) is 14.9 Å². The lowest BCUT2D eigenvalue weighted by Gasteiger charge is -2.14. The second-order valence-electron chi connectivity index (χ2n) is 6.61. The Balaban J connectivity index is 1.76. The minimum absolute atomic E-state index is 0.227. The highest BCUT2D eigenvalue weighted by molar-refractivity contribution is 7.92. The number of benzene rings is 2. The molecular weight excluding hydrogens is 386 g/mol. The van der Waals surface area contributed by atoms with Crippen LogP contribution in [0.15, 0.2) is 47.4 Å². The average molecular weight is 404 g/mol. The number of nitrogens with zero attached hydrogens (tertiary/aromatic N) is 3. The molecule has 0 bridgehead atoms. The molecule has 1 N–H and O–H groups in total. The highest BCUT2D eigenvalue weighted by atomic mass is 32.2. The van der Waals surface area contributed by atoms with E-state index in [0.717, 1.165) is 56.3 Å². The molecule has 9 heteroatoms. The Morgan fingerprint density at radius 1 is 0.964 bits per heavy atom. The molecule has 0 aliphatic carbocycles. The van der Waals surface area contributed by atoms with Crippen LogP contribution in [0.3, 0.4) is 0 Å². The lowest BCUT2D eigenvalue weighted by Crippen LogP contribution is -2.16. The molecule has 1 aromatic heterocycles. The quantitative estimate of drug-likeness (QED) is 0.719. The molecule has 0 unspecified atom stereocenters. The Labute approximate surface area is 161 Å². The van der Waals surface area contributed by atoms with Gasteiger partial charge in [-0.25, -0.2) is 17.2 Å². The van der Waals surface area contributed by atoms with Crippen LogP contribution >= 0.6 is 0 Å². The number of para-hydroxylation sites is 1. The lowest BCUT2D eigenvalue weighted by atomic mass is 10.1. The molecule has 3 aromatic rings. The van der Waals surface area contributed by atoms with Crippen molar-refractivity contribution < 1.29 is 17.2 Å². The molecule has 0 amide bonds. The van der Waals surface area contributed by atoms with Crippen LogP contribution in [-0.4, -0.2) is 23.2 Å². The van der Waals surface area contributed by atoms with Crippen LogP contribution in [0.4, 0.5) is 14.5 Å². The van der Waals surface area contributed by atoms with Gasteiger partial charge in [-0.1, -0.05) is 24.6 Å². The maximum Gasteiger partial charge on any atom is 0.264 e. The van der Waals surface area contributed by atoms with Crippen LogP contribution in [0.1, 0.15) is 25.1 Å². The van der Waals surface area contributed by atoms with Gasteiger partial charge in [0.05, 0.1) is 5.69 Å². The van der Waals surface area contributed by atoms with E-state index in [1.807, 2.05) is 4.57 Å². The zero-order valence-electron chi connectivity index (χ0n) is 14.9. The summed E-state index contributed by atoms with van der Waals surface area (Å²) < 4.78 is 57.2. The van der Waals surface area contributed by atoms with Crippen LogP contribution in [0.5, 0.6) is 0 Å². The van der Waals surface area contributed by atoms with Crippen LogP contribution in [0.25, 0.3) is 11.4 Å². The smallest absolute Gasteiger partial charge is 0.264 e. The molecule has 0 atom stereocenters. The molecule has 2 heterocycles. The van der Waals surface area contributed by atoms with Gasteiger partial charge in [-0.15, -0.1) is 10.2 Å². The summed E-state index contributed by atoms with van der Waals surface area (Å²) in [6, 6.07) is 9.74. The number of hydrogen-bond acceptors (Lipinski definition) is 4. The fraction of sp³-hybridized carbons (Fsp3) is 0.263. The van der Waals surface area contributed by atoms with Crippen LogP contribution in [0.2, 0.25) is 0 Å². The molecule has 28 heavy (non-hydrogen) atoms. The molecule has 2 aromatic carbocycles. The van der Waals surface area contributed by atoms with Gasteiger partial charge < -0.3 is 4.57 Å². The summed E-state index contributed by atoms with van der Waals surface area (Å²) in [6.45, 7) is 0.747. The van der Waals surface area contributed by atoms with E-state index >= 15 is 0 Å². The van der Waals surface area contributed by atoms with Gasteiger partial charge in [0, 0.05) is 18.5 Å². The Hall–Kier alpha value is -2.81. The summed E-state index contributed by atoms with van der Waals surface area (Å²) in [5.41, 5.74) is 0.758. The van der Waals surface area contributed by atoms with Crippen LogP contribution in [0, 0.1) is 11.6 Å². The normalized spacial score (nSPS) is 14.4. The molecule has 146 valence electrons. The second kappa shape index (κ2) is 7.31. The van der Waals surface area contributed by atoms with Crippen molar-refractivity contribution in [2.24, 2.45) is 0 Å². The number of halogens is 2. The maximum absolute atomic E-state index is 14.0. The molecule has 6 nitrogen and oxygen atoms in total. The van der Waals surface area contributed by atoms with Crippen molar-refractivity contribution >= 4 is 15.7 Å². The van der Waals surface area contributed by atoms with E-state index in [-0.39, 0.29) is 5.69 Å². The summed E-state index contributed by atoms with van der Waals surface area (Å²) in [7, 11) is -4.33. The van der Waals surface area contributed by atoms with E-state index in [4.69, 9.17) is 0 Å². The number of nitrogens with one attached hydrogen (secondary N) is 1. The first-order valence-corrected chi connectivity index (χ1v) is 10.4. The first-order valence-electron chi connectivity index (χ1n) is 8.96. The average Bonchev–Trinajstić information content (AvgIpc) is 2.92. The Kier molecular flexibility index (Phi) is 4.84. The standard InChI is InChI=1S/C19H18F2N4O2S/c20-14-8-6-10-16(18(14)21)28(26,27)24-15-9-4-3-7-13(15)19-23-22-17-11-2-1-5-12-25(17)19/h3-4,6-10,24H,1-2,5,11-12H2. The third kappa shape index (κ3) is 3.37. The fourth-order valence-corrected chi connectivity index (χ4v) is 4.51. The van der Waals surface area contributed by atoms with Gasteiger partial charge in [-0.05, 0) is 37.1 Å². The van der Waals surface area contributed by atoms with Crippen molar-refractivity contribution in [3.8, 4) is 11.4 Å². The minimum atomic E-state index is -4.33. The van der Waals surface area contributed by atoms with E-state index in [1.54, 1.807) is 24.3 Å². The SMILES string of the molecule is O=S(=O)(Nc1ccccc1-c1nnc2n1CCCCC2)c1cccc(F)c1F. The number of hydrogen-bond donors (Lipinski definition) is 1. The van der Waals surface area contributed by atoms with Gasteiger partial charge in [-0.2, -0.15) is 0 Å². The van der Waals surface area contributed by atoms with E-state index in [0.29, 0.717) is 11.4 Å². The van der Waals surface area contributed by atoms with Crippen LogP contribution in [-0.2, 0) is 23.0 Å². The number of anilines is 1. The zero-order chi connectivity index (χ0) is 19.7. The number of aryl methyl sites for hydroxylation is 1. The molecule has 0 saturated heterocycles. The molecule has 1 aliphatic heterocycles. The molecule has 0 radical (unpaired) electrons. The summed E-state index contributed by atoms with van der Waals surface area (Å²) in [6.07, 6.45) is 3.93. The summed E-state index contributed by atoms with van der Waals surface area (Å²) >= 11 is 0.